The first-order valence-electron chi connectivity index (χ1n) is 27.7. The maximum atomic E-state index is 6.21. The number of allylic oxidation sites excluding steroid dienone is 5. The van der Waals surface area contributed by atoms with Crippen LogP contribution in [0.15, 0.2) is 36.0 Å². The van der Waals surface area contributed by atoms with Gasteiger partial charge in [0.2, 0.25) is 0 Å². The number of unbranched alkanes of at least 4 members (excludes halogenated alkanes) is 1. The zero-order valence-corrected chi connectivity index (χ0v) is 61.8. The molecule has 0 amide bonds. The average molecular weight is 1330 g/mol. The average Bonchev–Trinajstić information content (AvgIpc) is 3.35. The summed E-state index contributed by atoms with van der Waals surface area (Å²) in [4.78, 5) is 0. The molecule has 0 N–H and O–H groups in total. The molecule has 0 aromatic heterocycles. The normalized spacial score (nSPS) is 14.8. The van der Waals surface area contributed by atoms with Gasteiger partial charge in [0.05, 0.1) is 16.1 Å². The fourth-order valence-electron chi connectivity index (χ4n) is 7.92. The molecule has 0 spiro atoms. The van der Waals surface area contributed by atoms with Crippen LogP contribution in [0.4, 0.5) is 0 Å². The van der Waals surface area contributed by atoms with Crippen molar-refractivity contribution >= 4 is 150 Å². The molecule has 0 aliphatic heterocycles. The van der Waals surface area contributed by atoms with E-state index in [1.165, 1.54) is 82.6 Å². The van der Waals surface area contributed by atoms with E-state index in [-0.39, 0.29) is 3.41 Å². The second-order valence-corrected chi connectivity index (χ2v) is 46.8. The van der Waals surface area contributed by atoms with Gasteiger partial charge in [-0.2, -0.15) is 0 Å². The van der Waals surface area contributed by atoms with Crippen molar-refractivity contribution in [2.24, 2.45) is 23.7 Å². The summed E-state index contributed by atoms with van der Waals surface area (Å²) in [5.74, 6) is 2.75. The maximum Gasteiger partial charge on any atom is 0.512 e. The van der Waals surface area contributed by atoms with Crippen LogP contribution in [0.25, 0.3) is 0 Å². The molecule has 24 heteroatoms. The van der Waals surface area contributed by atoms with Crippen LogP contribution in [0.2, 0.25) is 0 Å². The van der Waals surface area contributed by atoms with Crippen molar-refractivity contribution in [3.8, 4) is 0 Å². The Morgan fingerprint density at radius 3 is 1.03 bits per heavy atom. The van der Waals surface area contributed by atoms with E-state index >= 15 is 0 Å². The summed E-state index contributed by atoms with van der Waals surface area (Å²) >= 11 is 0. The Labute approximate surface area is 510 Å². The Balaban J connectivity index is 5.96. The molecule has 0 fully saturated rings. The molecule has 0 aromatic rings. The molecule has 0 rings (SSSR count). The second-order valence-electron chi connectivity index (χ2n) is 18.5. The molecule has 0 aromatic carbocycles. The van der Waals surface area contributed by atoms with E-state index in [0.717, 1.165) is 29.7 Å². The quantitative estimate of drug-likeness (QED) is 0.0190. The number of hydrogen-bond acceptors (Lipinski definition) is 21. The van der Waals surface area contributed by atoms with Crippen molar-refractivity contribution in [1.82, 2.24) is 0 Å². The van der Waals surface area contributed by atoms with Crippen LogP contribution < -0.4 is 0 Å². The predicted molar refractivity (Wildman–Crippen MR) is 365 cm³/mol. The van der Waals surface area contributed by atoms with E-state index < -0.39 is 26.4 Å². The van der Waals surface area contributed by atoms with Crippen LogP contribution in [0.1, 0.15) is 187 Å². The zero-order chi connectivity index (χ0) is 56.1. The third-order valence-electron chi connectivity index (χ3n) is 11.7. The van der Waals surface area contributed by atoms with Crippen LogP contribution in [-0.4, -0.2) is 105 Å². The van der Waals surface area contributed by atoms with Gasteiger partial charge in [-0.3, -0.25) is 0 Å². The van der Waals surface area contributed by atoms with Crippen molar-refractivity contribution < 1.29 is 39.8 Å². The molecule has 0 heterocycles. The van der Waals surface area contributed by atoms with Crippen LogP contribution in [0, 0.1) is 23.7 Å². The van der Waals surface area contributed by atoms with Gasteiger partial charge in [0.25, 0.3) is 0 Å². The largest absolute Gasteiger partial charge is 0.512 e. The fourth-order valence-corrected chi connectivity index (χ4v) is 48.9. The molecule has 446 valence electrons. The van der Waals surface area contributed by atoms with Crippen molar-refractivity contribution in [3.63, 3.8) is 0 Å². The van der Waals surface area contributed by atoms with Gasteiger partial charge in [-0.25, -0.2) is 0 Å². The van der Waals surface area contributed by atoms with Gasteiger partial charge < -0.3 is 39.8 Å². The maximum absolute atomic E-state index is 6.21. The van der Waals surface area contributed by atoms with Crippen molar-refractivity contribution in [3.05, 3.63) is 36.0 Å². The Bertz CT molecular complexity index is 1290. The van der Waals surface area contributed by atoms with Crippen molar-refractivity contribution in [1.29, 1.82) is 0 Å². The first kappa shape index (κ1) is 78.7. The molecular weight excluding hydrogens is 1230 g/mol. The first-order valence-corrected chi connectivity index (χ1v) is 48.5. The van der Waals surface area contributed by atoms with Gasteiger partial charge in [0.15, 0.2) is 0 Å². The molecule has 0 bridgehead atoms. The van der Waals surface area contributed by atoms with Gasteiger partial charge >= 0.3 is 26.4 Å². The lowest BCUT2D eigenvalue weighted by Crippen LogP contribution is -2.49. The van der Waals surface area contributed by atoms with Gasteiger partial charge in [-0.15, -0.1) is 0 Å². The summed E-state index contributed by atoms with van der Waals surface area (Å²) in [5.41, 5.74) is 2.57. The van der Waals surface area contributed by atoms with E-state index in [9.17, 15) is 0 Å². The monoisotopic (exact) mass is 1330 g/mol. The van der Waals surface area contributed by atoms with Gasteiger partial charge in [0, 0.05) is 59.5 Å². The zero-order valence-electron chi connectivity index (χ0n) is 49.0. The molecule has 0 saturated carbocycles. The third-order valence-corrected chi connectivity index (χ3v) is 47.8. The summed E-state index contributed by atoms with van der Waals surface area (Å²) in [6, 6.07) is 0. The van der Waals surface area contributed by atoms with Gasteiger partial charge in [-0.05, 0) is 178 Å². The van der Waals surface area contributed by atoms with Gasteiger partial charge in [-0.1, -0.05) is 193 Å². The number of hydrogen-bond donors (Lipinski definition) is 0. The molecular formula is C51H104O9S12Si3. The highest BCUT2D eigenvalue weighted by Gasteiger charge is 2.45. The first-order chi connectivity index (χ1) is 36.1. The minimum atomic E-state index is -2.78. The summed E-state index contributed by atoms with van der Waals surface area (Å²) in [5, 5.41) is 2.10. The molecule has 4 atom stereocenters. The van der Waals surface area contributed by atoms with Crippen LogP contribution >= 0.6 is 124 Å². The van der Waals surface area contributed by atoms with E-state index in [4.69, 9.17) is 39.8 Å². The predicted octanol–water partition coefficient (Wildman–Crippen LogP) is 21.1. The van der Waals surface area contributed by atoms with E-state index in [1.807, 2.05) is 161 Å². The summed E-state index contributed by atoms with van der Waals surface area (Å²) in [6.07, 6.45) is 23.4. The van der Waals surface area contributed by atoms with E-state index in [2.05, 4.69) is 59.4 Å². The highest BCUT2D eigenvalue weighted by atomic mass is 33.7. The lowest BCUT2D eigenvalue weighted by Gasteiger charge is -2.35. The summed E-state index contributed by atoms with van der Waals surface area (Å²) < 4.78 is 55.7. The highest BCUT2D eigenvalue weighted by molar-refractivity contribution is 9.32. The lowest BCUT2D eigenvalue weighted by atomic mass is 9.91. The minimum absolute atomic E-state index is 0.180. The topological polar surface area (TPSA) is 83.1 Å². The van der Waals surface area contributed by atoms with Crippen LogP contribution in [0.5, 0.6) is 0 Å². The molecule has 0 aliphatic rings. The standard InChI is InChI=1S/C51H104O9S12Si3/c1-17-52-73(53-18-2,54-19-3)42-61-67-70-64-51(65-71-68-62-43-74(55-20-4,56-21-5)57-22-6,66-72-69-63-44-75(58-23-7,59-24-8)60-25-9)50(16)41-31-40-49(15)39-30-37-47(13)34-27-26-33-46(12)36-29-38-48(14)35-28-32-45(10)11/h28,32,35,46-47,49-50H,10,17-27,29-31,33-34,36-44H2,1-9,11-16H3. The third kappa shape index (κ3) is 39.1. The Hall–Kier alpha value is 3.71. The van der Waals surface area contributed by atoms with E-state index in [0.29, 0.717) is 81.5 Å². The molecule has 75 heavy (non-hydrogen) atoms. The number of rotatable bonds is 56. The summed E-state index contributed by atoms with van der Waals surface area (Å²) in [6.45, 7) is 41.5. The van der Waals surface area contributed by atoms with E-state index in [1.54, 1.807) is 32.4 Å². The fraction of sp³-hybridized carbons (Fsp3) is 0.882. The molecule has 0 radical (unpaired) electrons. The van der Waals surface area contributed by atoms with Crippen LogP contribution in [-0.2, 0) is 39.8 Å². The van der Waals surface area contributed by atoms with Crippen molar-refractivity contribution in [2.45, 2.75) is 191 Å². The lowest BCUT2D eigenvalue weighted by molar-refractivity contribution is 0.0765. The van der Waals surface area contributed by atoms with Gasteiger partial charge in [0.1, 0.15) is 3.41 Å². The Morgan fingerprint density at radius 2 is 0.720 bits per heavy atom. The molecule has 9 nitrogen and oxygen atoms in total. The SMILES string of the molecule is C=C(C)C=CC=C(C)CCCC(C)CCCCC(C)CCCC(C)CCCC(C)C(SSSSC[Si](OCC)(OCC)OCC)(SSSSC[Si](OCC)(OCC)OCC)SSSSC[Si](OCC)(OCC)OCC. The highest BCUT2D eigenvalue weighted by Crippen LogP contribution is 2.70. The molecule has 0 saturated heterocycles. The minimum Gasteiger partial charge on any atom is -0.373 e. The van der Waals surface area contributed by atoms with Crippen LogP contribution in [0.3, 0.4) is 0 Å². The summed E-state index contributed by atoms with van der Waals surface area (Å²) in [7, 11) is 14.0. The smallest absolute Gasteiger partial charge is 0.373 e. The second kappa shape index (κ2) is 51.0. The molecule has 4 unspecified atom stereocenters. The Morgan fingerprint density at radius 1 is 0.427 bits per heavy atom. The van der Waals surface area contributed by atoms with Crippen molar-refractivity contribution in [2.75, 3.05) is 75.6 Å². The molecule has 0 aliphatic carbocycles. The Kier molecular flexibility index (Phi) is 53.5.